The Bertz CT molecular complexity index is 337. The van der Waals surface area contributed by atoms with Crippen LogP contribution in [0.1, 0.15) is 26.2 Å². The molecule has 106 valence electrons. The number of anilines is 1. The largest absolute Gasteiger partial charge is 0.357 e. The lowest BCUT2D eigenvalue weighted by Gasteiger charge is -2.33. The zero-order valence-corrected chi connectivity index (χ0v) is 12.7. The first-order chi connectivity index (χ1) is 9.40. The van der Waals surface area contributed by atoms with Crippen LogP contribution in [0.2, 0.25) is 0 Å². The van der Waals surface area contributed by atoms with Gasteiger partial charge >= 0.3 is 0 Å². The second-order valence-electron chi connectivity index (χ2n) is 4.95. The van der Waals surface area contributed by atoms with Gasteiger partial charge in [-0.25, -0.2) is 4.98 Å². The van der Waals surface area contributed by atoms with Crippen molar-refractivity contribution in [1.29, 1.82) is 0 Å². The molecular weight excluding hydrogens is 254 g/mol. The molecule has 1 aliphatic rings. The second-order valence-corrected chi connectivity index (χ2v) is 6.35. The quantitative estimate of drug-likeness (QED) is 0.777. The van der Waals surface area contributed by atoms with Gasteiger partial charge in [0.25, 0.3) is 0 Å². The maximum atomic E-state index is 4.43. The third kappa shape index (κ3) is 5.03. The summed E-state index contributed by atoms with van der Waals surface area (Å²) in [4.78, 5) is 6.82. The van der Waals surface area contributed by atoms with Crippen molar-refractivity contribution in [3.63, 3.8) is 0 Å². The van der Waals surface area contributed by atoms with Crippen LogP contribution in [-0.2, 0) is 0 Å². The van der Waals surface area contributed by atoms with E-state index in [2.05, 4.69) is 34.3 Å². The van der Waals surface area contributed by atoms with Gasteiger partial charge in [-0.3, -0.25) is 0 Å². The lowest BCUT2D eigenvalue weighted by atomic mass is 10.0. The molecule has 1 saturated heterocycles. The third-order valence-corrected chi connectivity index (χ3v) is 4.56. The van der Waals surface area contributed by atoms with E-state index in [1.54, 1.807) is 0 Å². The van der Waals surface area contributed by atoms with Gasteiger partial charge in [0.15, 0.2) is 0 Å². The fourth-order valence-electron chi connectivity index (χ4n) is 2.48. The summed E-state index contributed by atoms with van der Waals surface area (Å²) in [6, 6.07) is 6.85. The molecule has 2 rings (SSSR count). The smallest absolute Gasteiger partial charge is 0.128 e. The molecule has 0 unspecified atom stereocenters. The number of nitrogens with one attached hydrogen (secondary N) is 1. The highest BCUT2D eigenvalue weighted by molar-refractivity contribution is 7.99. The summed E-state index contributed by atoms with van der Waals surface area (Å²) in [6.45, 7) is 5.64. The molecule has 0 atom stereocenters. The van der Waals surface area contributed by atoms with Crippen LogP contribution in [0.25, 0.3) is 0 Å². The van der Waals surface area contributed by atoms with E-state index in [-0.39, 0.29) is 0 Å². The number of aromatic nitrogens is 1. The lowest BCUT2D eigenvalue weighted by molar-refractivity contribution is 0.415. The molecule has 0 spiro atoms. The standard InChI is InChI=1S/C15H25N3S/c1-2-19-13-5-10-16-14-7-11-18(12-8-14)15-6-3-4-9-17-15/h3-4,6,9,14,16H,2,5,7-8,10-13H2,1H3. The molecule has 2 heterocycles. The van der Waals surface area contributed by atoms with Gasteiger partial charge in [0.05, 0.1) is 0 Å². The number of rotatable bonds is 7. The van der Waals surface area contributed by atoms with Gasteiger partial charge in [0, 0.05) is 25.3 Å². The molecule has 1 N–H and O–H groups in total. The van der Waals surface area contributed by atoms with E-state index >= 15 is 0 Å². The van der Waals surface area contributed by atoms with Crippen LogP contribution >= 0.6 is 11.8 Å². The topological polar surface area (TPSA) is 28.2 Å². The Labute approximate surface area is 121 Å². The summed E-state index contributed by atoms with van der Waals surface area (Å²) < 4.78 is 0. The molecular formula is C15H25N3S. The summed E-state index contributed by atoms with van der Waals surface area (Å²) in [7, 11) is 0. The molecule has 1 aromatic heterocycles. The molecule has 4 heteroatoms. The highest BCUT2D eigenvalue weighted by Crippen LogP contribution is 2.17. The average Bonchev–Trinajstić information content (AvgIpc) is 2.49. The van der Waals surface area contributed by atoms with Crippen molar-refractivity contribution in [3.8, 4) is 0 Å². The SMILES string of the molecule is CCSCCCNC1CCN(c2ccccn2)CC1. The number of hydrogen-bond acceptors (Lipinski definition) is 4. The maximum absolute atomic E-state index is 4.43. The van der Waals surface area contributed by atoms with E-state index < -0.39 is 0 Å². The first kappa shape index (κ1) is 14.7. The third-order valence-electron chi connectivity index (χ3n) is 3.57. The Kier molecular flexibility index (Phi) is 6.51. The normalized spacial score (nSPS) is 16.8. The fraction of sp³-hybridized carbons (Fsp3) is 0.667. The Balaban J connectivity index is 1.63. The van der Waals surface area contributed by atoms with Crippen LogP contribution in [0.3, 0.4) is 0 Å². The molecule has 1 aromatic rings. The number of piperidine rings is 1. The average molecular weight is 279 g/mol. The summed E-state index contributed by atoms with van der Waals surface area (Å²) in [6.07, 6.45) is 5.64. The monoisotopic (exact) mass is 279 g/mol. The molecule has 19 heavy (non-hydrogen) atoms. The molecule has 0 saturated carbocycles. The van der Waals surface area contributed by atoms with Gasteiger partial charge in [-0.05, 0) is 49.4 Å². The Morgan fingerprint density at radius 1 is 1.37 bits per heavy atom. The van der Waals surface area contributed by atoms with Gasteiger partial charge in [-0.1, -0.05) is 13.0 Å². The van der Waals surface area contributed by atoms with Gasteiger partial charge in [0.2, 0.25) is 0 Å². The summed E-state index contributed by atoms with van der Waals surface area (Å²) in [5.74, 6) is 3.65. The van der Waals surface area contributed by atoms with Crippen LogP contribution in [0.4, 0.5) is 5.82 Å². The summed E-state index contributed by atoms with van der Waals surface area (Å²) in [5, 5.41) is 3.69. The summed E-state index contributed by atoms with van der Waals surface area (Å²) >= 11 is 2.04. The first-order valence-corrected chi connectivity index (χ1v) is 8.52. The van der Waals surface area contributed by atoms with Gasteiger partial charge in [-0.2, -0.15) is 11.8 Å². The van der Waals surface area contributed by atoms with E-state index in [0.717, 1.165) is 18.9 Å². The molecule has 1 aliphatic heterocycles. The van der Waals surface area contributed by atoms with Crippen LogP contribution in [0, 0.1) is 0 Å². The minimum Gasteiger partial charge on any atom is -0.357 e. The fourth-order valence-corrected chi connectivity index (χ4v) is 3.12. The van der Waals surface area contributed by atoms with E-state index in [9.17, 15) is 0 Å². The number of thioether (sulfide) groups is 1. The predicted octanol–water partition coefficient (Wildman–Crippen LogP) is 2.78. The molecule has 0 bridgehead atoms. The molecule has 1 fully saturated rings. The number of nitrogens with zero attached hydrogens (tertiary/aromatic N) is 2. The van der Waals surface area contributed by atoms with Crippen molar-refractivity contribution in [3.05, 3.63) is 24.4 Å². The maximum Gasteiger partial charge on any atom is 0.128 e. The van der Waals surface area contributed by atoms with Gasteiger partial charge in [-0.15, -0.1) is 0 Å². The predicted molar refractivity (Wildman–Crippen MR) is 85.1 cm³/mol. The highest BCUT2D eigenvalue weighted by Gasteiger charge is 2.19. The zero-order chi connectivity index (χ0) is 13.3. The first-order valence-electron chi connectivity index (χ1n) is 7.37. The van der Waals surface area contributed by atoms with Crippen molar-refractivity contribution in [2.45, 2.75) is 32.2 Å². The highest BCUT2D eigenvalue weighted by atomic mass is 32.2. The zero-order valence-electron chi connectivity index (χ0n) is 11.8. The lowest BCUT2D eigenvalue weighted by Crippen LogP contribution is -2.43. The van der Waals surface area contributed by atoms with Crippen molar-refractivity contribution in [1.82, 2.24) is 10.3 Å². The summed E-state index contributed by atoms with van der Waals surface area (Å²) in [5.41, 5.74) is 0. The molecule has 3 nitrogen and oxygen atoms in total. The Morgan fingerprint density at radius 3 is 2.89 bits per heavy atom. The Hall–Kier alpha value is -0.740. The van der Waals surface area contributed by atoms with Crippen LogP contribution in [-0.4, -0.2) is 42.2 Å². The number of pyridine rings is 1. The van der Waals surface area contributed by atoms with E-state index in [0.29, 0.717) is 6.04 Å². The van der Waals surface area contributed by atoms with Gasteiger partial charge < -0.3 is 10.2 Å². The van der Waals surface area contributed by atoms with Crippen molar-refractivity contribution < 1.29 is 0 Å². The Morgan fingerprint density at radius 2 is 2.21 bits per heavy atom. The van der Waals surface area contributed by atoms with Crippen LogP contribution < -0.4 is 10.2 Å². The molecule has 0 amide bonds. The molecule has 0 radical (unpaired) electrons. The van der Waals surface area contributed by atoms with Crippen molar-refractivity contribution in [2.75, 3.05) is 36.0 Å². The second kappa shape index (κ2) is 8.43. The minimum atomic E-state index is 0.701. The van der Waals surface area contributed by atoms with Crippen molar-refractivity contribution >= 4 is 17.6 Å². The molecule has 0 aromatic carbocycles. The van der Waals surface area contributed by atoms with Gasteiger partial charge in [0.1, 0.15) is 5.82 Å². The van der Waals surface area contributed by atoms with E-state index in [4.69, 9.17) is 0 Å². The van der Waals surface area contributed by atoms with Crippen LogP contribution in [0.15, 0.2) is 24.4 Å². The van der Waals surface area contributed by atoms with Crippen molar-refractivity contribution in [2.24, 2.45) is 0 Å². The van der Waals surface area contributed by atoms with E-state index in [1.165, 1.54) is 37.3 Å². The molecule has 0 aliphatic carbocycles. The van der Waals surface area contributed by atoms with E-state index in [1.807, 2.05) is 24.0 Å². The van der Waals surface area contributed by atoms with Crippen LogP contribution in [0.5, 0.6) is 0 Å². The minimum absolute atomic E-state index is 0.701. The number of hydrogen-bond donors (Lipinski definition) is 1.